The van der Waals surface area contributed by atoms with Crippen LogP contribution in [-0.2, 0) is 24.2 Å². The second-order valence-corrected chi connectivity index (χ2v) is 9.52. The highest BCUT2D eigenvalue weighted by atomic mass is 32.2. The molecule has 2 aliphatic heterocycles. The van der Waals surface area contributed by atoms with Crippen LogP contribution in [0.2, 0.25) is 0 Å². The molecule has 0 bridgehead atoms. The molecule has 8 nitrogen and oxygen atoms in total. The Kier molecular flexibility index (Phi) is 6.26. The molecule has 0 N–H and O–H groups in total. The Bertz CT molecular complexity index is 931. The number of fused-ring (bicyclic) bond motifs is 1. The van der Waals surface area contributed by atoms with Crippen molar-refractivity contribution in [3.63, 3.8) is 0 Å². The molecule has 0 aliphatic carbocycles. The Hall–Kier alpha value is -2.42. The molecule has 2 aliphatic rings. The van der Waals surface area contributed by atoms with Gasteiger partial charge in [-0.05, 0) is 51.3 Å². The average Bonchev–Trinajstić information content (AvgIpc) is 2.92. The number of anilines is 1. The van der Waals surface area contributed by atoms with E-state index in [0.717, 1.165) is 31.2 Å². The Balaban J connectivity index is 2.01. The summed E-state index contributed by atoms with van der Waals surface area (Å²) in [5, 5.41) is 4.87. The van der Waals surface area contributed by atoms with Crippen molar-refractivity contribution in [2.24, 2.45) is 5.10 Å². The van der Waals surface area contributed by atoms with Gasteiger partial charge in [-0.2, -0.15) is 5.10 Å². The molecule has 9 heteroatoms. The lowest BCUT2D eigenvalue weighted by Gasteiger charge is -2.29. The molecule has 1 fully saturated rings. The minimum absolute atomic E-state index is 0.0198. The second-order valence-electron chi connectivity index (χ2n) is 7.68. The maximum Gasteiger partial charge on any atom is 0.328 e. The van der Waals surface area contributed by atoms with Gasteiger partial charge in [-0.3, -0.25) is 14.6 Å². The van der Waals surface area contributed by atoms with Gasteiger partial charge in [0.1, 0.15) is 6.54 Å². The van der Waals surface area contributed by atoms with Gasteiger partial charge in [0, 0.05) is 13.1 Å². The van der Waals surface area contributed by atoms with Crippen molar-refractivity contribution in [1.82, 2.24) is 4.90 Å². The largest absolute Gasteiger partial charge is 0.462 e. The summed E-state index contributed by atoms with van der Waals surface area (Å²) in [6.45, 7) is 6.01. The molecule has 29 heavy (non-hydrogen) atoms. The van der Waals surface area contributed by atoms with E-state index in [9.17, 15) is 18.0 Å². The van der Waals surface area contributed by atoms with Crippen LogP contribution in [0.15, 0.2) is 28.2 Å². The molecule has 1 saturated heterocycles. The topological polar surface area (TPSA) is 96.3 Å². The summed E-state index contributed by atoms with van der Waals surface area (Å²) >= 11 is 0. The van der Waals surface area contributed by atoms with Gasteiger partial charge in [-0.1, -0.05) is 18.9 Å². The summed E-state index contributed by atoms with van der Waals surface area (Å²) in [7, 11) is -4.09. The van der Waals surface area contributed by atoms with Gasteiger partial charge < -0.3 is 9.64 Å². The van der Waals surface area contributed by atoms with E-state index < -0.39 is 26.8 Å². The van der Waals surface area contributed by atoms with Crippen molar-refractivity contribution in [1.29, 1.82) is 0 Å². The number of carbonyl (C=O) groups excluding carboxylic acids is 2. The monoisotopic (exact) mass is 421 g/mol. The maximum absolute atomic E-state index is 13.2. The number of likely N-dealkylation sites (tertiary alicyclic amines) is 1. The number of benzene rings is 1. The van der Waals surface area contributed by atoms with E-state index in [1.54, 1.807) is 30.9 Å². The SMILES string of the molecule is Cc1ccc2c(c1)N(CC(=O)OC(C)C)N=C(C(=O)N1CCCCCC1)S2(=O)=O. The Morgan fingerprint density at radius 3 is 2.41 bits per heavy atom. The number of aryl methyl sites for hydroxylation is 1. The van der Waals surface area contributed by atoms with E-state index in [0.29, 0.717) is 13.1 Å². The fourth-order valence-electron chi connectivity index (χ4n) is 3.49. The van der Waals surface area contributed by atoms with E-state index >= 15 is 0 Å². The number of hydrogen-bond acceptors (Lipinski definition) is 7. The zero-order valence-corrected chi connectivity index (χ0v) is 17.9. The molecule has 3 rings (SSSR count). The van der Waals surface area contributed by atoms with Gasteiger partial charge in [0.05, 0.1) is 16.7 Å². The average molecular weight is 422 g/mol. The summed E-state index contributed by atoms with van der Waals surface area (Å²) in [5.41, 5.74) is 1.09. The van der Waals surface area contributed by atoms with Gasteiger partial charge in [0.15, 0.2) is 0 Å². The van der Waals surface area contributed by atoms with E-state index in [-0.39, 0.29) is 23.2 Å². The van der Waals surface area contributed by atoms with Gasteiger partial charge in [0.2, 0.25) is 14.9 Å². The smallest absolute Gasteiger partial charge is 0.328 e. The summed E-state index contributed by atoms with van der Waals surface area (Å²) in [6.07, 6.45) is 3.38. The van der Waals surface area contributed by atoms with Crippen LogP contribution in [0.4, 0.5) is 5.69 Å². The summed E-state index contributed by atoms with van der Waals surface area (Å²) in [5.74, 6) is -1.16. The molecule has 158 valence electrons. The number of carbonyl (C=O) groups is 2. The molecule has 0 atom stereocenters. The molecule has 0 radical (unpaired) electrons. The third-order valence-corrected chi connectivity index (χ3v) is 6.56. The summed E-state index contributed by atoms with van der Waals surface area (Å²) in [4.78, 5) is 26.8. The number of sulfone groups is 1. The van der Waals surface area contributed by atoms with Crippen molar-refractivity contribution in [2.75, 3.05) is 24.6 Å². The summed E-state index contributed by atoms with van der Waals surface area (Å²) < 4.78 is 31.5. The third kappa shape index (κ3) is 4.60. The Morgan fingerprint density at radius 2 is 1.79 bits per heavy atom. The fraction of sp³-hybridized carbons (Fsp3) is 0.550. The zero-order chi connectivity index (χ0) is 21.2. The van der Waals surface area contributed by atoms with Gasteiger partial charge in [0.25, 0.3) is 5.91 Å². The van der Waals surface area contributed by atoms with E-state index in [2.05, 4.69) is 5.10 Å². The Labute approximate surface area is 171 Å². The molecule has 1 aromatic rings. The van der Waals surface area contributed by atoms with E-state index in [1.807, 2.05) is 6.92 Å². The number of rotatable bonds is 4. The van der Waals surface area contributed by atoms with Gasteiger partial charge in [-0.15, -0.1) is 0 Å². The molecule has 0 unspecified atom stereocenters. The lowest BCUT2D eigenvalue weighted by atomic mass is 10.2. The van der Waals surface area contributed by atoms with Crippen LogP contribution in [0.25, 0.3) is 0 Å². The van der Waals surface area contributed by atoms with Crippen LogP contribution in [0, 0.1) is 6.92 Å². The number of hydrazone groups is 1. The molecule has 2 heterocycles. The van der Waals surface area contributed by atoms with Crippen LogP contribution in [0.3, 0.4) is 0 Å². The fourth-order valence-corrected chi connectivity index (χ4v) is 4.95. The minimum Gasteiger partial charge on any atom is -0.462 e. The number of nitrogens with zero attached hydrogens (tertiary/aromatic N) is 3. The normalized spacial score (nSPS) is 18.7. The highest BCUT2D eigenvalue weighted by Gasteiger charge is 2.40. The zero-order valence-electron chi connectivity index (χ0n) is 17.1. The molecule has 0 spiro atoms. The highest BCUT2D eigenvalue weighted by molar-refractivity contribution is 8.08. The molecule has 0 saturated carbocycles. The van der Waals surface area contributed by atoms with Crippen molar-refractivity contribution in [3.05, 3.63) is 23.8 Å². The number of amides is 1. The number of ether oxygens (including phenoxy) is 1. The minimum atomic E-state index is -4.09. The Morgan fingerprint density at radius 1 is 1.14 bits per heavy atom. The first-order chi connectivity index (χ1) is 13.7. The van der Waals surface area contributed by atoms with Crippen molar-refractivity contribution < 1.29 is 22.7 Å². The quantitative estimate of drug-likeness (QED) is 0.692. The van der Waals surface area contributed by atoms with Crippen molar-refractivity contribution in [2.45, 2.75) is 57.5 Å². The van der Waals surface area contributed by atoms with Gasteiger partial charge >= 0.3 is 5.97 Å². The van der Waals surface area contributed by atoms with Crippen LogP contribution >= 0.6 is 0 Å². The maximum atomic E-state index is 13.2. The lowest BCUT2D eigenvalue weighted by Crippen LogP contribution is -2.44. The number of hydrogen-bond donors (Lipinski definition) is 0. The predicted octanol–water partition coefficient (Wildman–Crippen LogP) is 2.26. The molecular weight excluding hydrogens is 394 g/mol. The van der Waals surface area contributed by atoms with Crippen molar-refractivity contribution >= 4 is 32.4 Å². The van der Waals surface area contributed by atoms with Gasteiger partial charge in [-0.25, -0.2) is 8.42 Å². The molecular formula is C20H27N3O5S. The van der Waals surface area contributed by atoms with E-state index in [4.69, 9.17) is 4.74 Å². The first-order valence-corrected chi connectivity index (χ1v) is 11.4. The second kappa shape index (κ2) is 8.52. The number of esters is 1. The summed E-state index contributed by atoms with van der Waals surface area (Å²) in [6, 6.07) is 4.78. The third-order valence-electron chi connectivity index (χ3n) is 4.87. The molecule has 1 aromatic carbocycles. The van der Waals surface area contributed by atoms with Crippen LogP contribution in [0.5, 0.6) is 0 Å². The van der Waals surface area contributed by atoms with Crippen molar-refractivity contribution in [3.8, 4) is 0 Å². The van der Waals surface area contributed by atoms with Crippen LogP contribution < -0.4 is 5.01 Å². The molecule has 1 amide bonds. The van der Waals surface area contributed by atoms with Crippen LogP contribution in [0.1, 0.15) is 45.1 Å². The van der Waals surface area contributed by atoms with Crippen LogP contribution in [-0.4, -0.2) is 56.0 Å². The lowest BCUT2D eigenvalue weighted by molar-refractivity contribution is -0.145. The first-order valence-electron chi connectivity index (χ1n) is 9.91. The van der Waals surface area contributed by atoms with E-state index in [1.165, 1.54) is 11.1 Å². The standard InChI is InChI=1S/C20H27N3O5S/c1-14(2)28-18(24)13-23-16-12-15(3)8-9-17(16)29(26,27)19(21-23)20(25)22-10-6-4-5-7-11-22/h8-9,12,14H,4-7,10-11,13H2,1-3H3. The predicted molar refractivity (Wildman–Crippen MR) is 109 cm³/mol. The first kappa shape index (κ1) is 21.3. The highest BCUT2D eigenvalue weighted by Crippen LogP contribution is 2.33. The molecule has 0 aromatic heterocycles.